The van der Waals surface area contributed by atoms with Crippen LogP contribution in [0.4, 0.5) is 9.59 Å². The van der Waals surface area contributed by atoms with Gasteiger partial charge in [-0.15, -0.1) is 0 Å². The summed E-state index contributed by atoms with van der Waals surface area (Å²) in [5.41, 5.74) is 0. The van der Waals surface area contributed by atoms with E-state index in [2.05, 4.69) is 31.0 Å². The van der Waals surface area contributed by atoms with Crippen LogP contribution in [0.3, 0.4) is 0 Å². The molecule has 6 nitrogen and oxygen atoms in total. The molecule has 0 aliphatic heterocycles. The highest BCUT2D eigenvalue weighted by Gasteiger charge is 2.10. The van der Waals surface area contributed by atoms with E-state index in [1.54, 1.807) is 0 Å². The van der Waals surface area contributed by atoms with Crippen LogP contribution in [-0.4, -0.2) is 25.4 Å². The second kappa shape index (κ2) is 15.4. The molecule has 0 saturated heterocycles. The lowest BCUT2D eigenvalue weighted by Crippen LogP contribution is -2.11. The molecule has 1 unspecified atom stereocenters. The predicted molar refractivity (Wildman–Crippen MR) is 89.6 cm³/mol. The first-order valence-corrected chi connectivity index (χ1v) is 8.89. The van der Waals surface area contributed by atoms with Crippen molar-refractivity contribution in [2.75, 3.05) is 13.2 Å². The van der Waals surface area contributed by atoms with Gasteiger partial charge in [0.1, 0.15) is 0 Å². The van der Waals surface area contributed by atoms with E-state index in [0.717, 1.165) is 44.9 Å². The van der Waals surface area contributed by atoms with Gasteiger partial charge in [0.2, 0.25) is 0 Å². The Morgan fingerprint density at radius 3 is 2.04 bits per heavy atom. The van der Waals surface area contributed by atoms with E-state index in [4.69, 9.17) is 9.47 Å². The zero-order chi connectivity index (χ0) is 17.3. The van der Waals surface area contributed by atoms with Crippen molar-refractivity contribution in [3.63, 3.8) is 0 Å². The van der Waals surface area contributed by atoms with Crippen LogP contribution in [0.25, 0.3) is 0 Å². The molecule has 0 saturated carbocycles. The summed E-state index contributed by atoms with van der Waals surface area (Å²) >= 11 is 0. The van der Waals surface area contributed by atoms with E-state index in [1.165, 1.54) is 12.8 Å². The molecular formula is C17H32N2O4. The fourth-order valence-corrected chi connectivity index (χ4v) is 2.09. The first-order valence-electron chi connectivity index (χ1n) is 8.89. The van der Waals surface area contributed by atoms with Crippen LogP contribution in [0.5, 0.6) is 0 Å². The lowest BCUT2D eigenvalue weighted by atomic mass is 10.0. The highest BCUT2D eigenvalue weighted by Crippen LogP contribution is 2.13. The molecule has 0 radical (unpaired) electrons. The van der Waals surface area contributed by atoms with Crippen LogP contribution in [0.15, 0.2) is 10.2 Å². The lowest BCUT2D eigenvalue weighted by Gasteiger charge is -2.12. The van der Waals surface area contributed by atoms with Crippen molar-refractivity contribution in [1.82, 2.24) is 0 Å². The number of carbonyl (C=O) groups is 2. The van der Waals surface area contributed by atoms with Gasteiger partial charge in [0.05, 0.1) is 13.2 Å². The van der Waals surface area contributed by atoms with E-state index >= 15 is 0 Å². The first-order chi connectivity index (χ1) is 11.1. The third kappa shape index (κ3) is 13.9. The Balaban J connectivity index is 3.78. The average molecular weight is 328 g/mol. The normalized spacial score (nSPS) is 12.3. The molecule has 2 amide bonds. The van der Waals surface area contributed by atoms with Crippen LogP contribution in [0.1, 0.15) is 78.6 Å². The second-order valence-electron chi connectivity index (χ2n) is 5.72. The van der Waals surface area contributed by atoms with Crippen molar-refractivity contribution >= 4 is 12.2 Å². The first kappa shape index (κ1) is 21.5. The van der Waals surface area contributed by atoms with E-state index in [1.807, 2.05) is 0 Å². The monoisotopic (exact) mass is 328 g/mol. The molecule has 1 atom stereocenters. The summed E-state index contributed by atoms with van der Waals surface area (Å²) in [6, 6.07) is 0. The summed E-state index contributed by atoms with van der Waals surface area (Å²) in [5.74, 6) is 0.337. The van der Waals surface area contributed by atoms with Gasteiger partial charge in [0, 0.05) is 0 Å². The Labute approximate surface area is 140 Å². The molecule has 0 rings (SSSR count). The highest BCUT2D eigenvalue weighted by molar-refractivity contribution is 5.73. The molecule has 0 aliphatic rings. The van der Waals surface area contributed by atoms with Gasteiger partial charge in [-0.3, -0.25) is 0 Å². The van der Waals surface area contributed by atoms with E-state index in [0.29, 0.717) is 19.1 Å². The molecule has 0 fully saturated rings. The van der Waals surface area contributed by atoms with Crippen LogP contribution in [0, 0.1) is 5.92 Å². The van der Waals surface area contributed by atoms with Crippen LogP contribution >= 0.6 is 0 Å². The Bertz CT molecular complexity index is 345. The zero-order valence-corrected chi connectivity index (χ0v) is 14.9. The molecule has 0 aromatic rings. The molecule has 0 aromatic heterocycles. The summed E-state index contributed by atoms with van der Waals surface area (Å²) < 4.78 is 9.87. The highest BCUT2D eigenvalue weighted by atomic mass is 16.6. The topological polar surface area (TPSA) is 77.3 Å². The minimum atomic E-state index is -0.838. The molecule has 0 aliphatic carbocycles. The van der Waals surface area contributed by atoms with Gasteiger partial charge in [-0.25, -0.2) is 9.59 Å². The molecule has 0 heterocycles. The Morgan fingerprint density at radius 1 is 0.826 bits per heavy atom. The van der Waals surface area contributed by atoms with Crippen molar-refractivity contribution in [2.45, 2.75) is 78.6 Å². The molecular weight excluding hydrogens is 296 g/mol. The van der Waals surface area contributed by atoms with E-state index in [-0.39, 0.29) is 0 Å². The molecule has 6 heteroatoms. The number of ether oxygens (including phenoxy) is 2. The number of azo groups is 1. The quantitative estimate of drug-likeness (QED) is 0.330. The Kier molecular flexibility index (Phi) is 14.5. The van der Waals surface area contributed by atoms with Gasteiger partial charge in [0.25, 0.3) is 0 Å². The van der Waals surface area contributed by atoms with Crippen molar-refractivity contribution in [3.8, 4) is 0 Å². The van der Waals surface area contributed by atoms with E-state index in [9.17, 15) is 9.59 Å². The van der Waals surface area contributed by atoms with Crippen LogP contribution < -0.4 is 0 Å². The van der Waals surface area contributed by atoms with Crippen molar-refractivity contribution in [2.24, 2.45) is 16.1 Å². The van der Waals surface area contributed by atoms with Gasteiger partial charge in [-0.05, 0) is 18.8 Å². The van der Waals surface area contributed by atoms with Gasteiger partial charge < -0.3 is 9.47 Å². The maximum atomic E-state index is 11.4. The fraction of sp³-hybridized carbons (Fsp3) is 0.882. The van der Waals surface area contributed by atoms with Crippen molar-refractivity contribution < 1.29 is 19.1 Å². The summed E-state index contributed by atoms with van der Waals surface area (Å²) in [4.78, 5) is 22.7. The number of hydrogen-bond acceptors (Lipinski definition) is 4. The minimum Gasteiger partial charge on any atom is -0.447 e. The summed E-state index contributed by atoms with van der Waals surface area (Å²) in [7, 11) is 0. The third-order valence-corrected chi connectivity index (χ3v) is 3.67. The van der Waals surface area contributed by atoms with Crippen LogP contribution in [-0.2, 0) is 9.47 Å². The van der Waals surface area contributed by atoms with Crippen molar-refractivity contribution in [1.29, 1.82) is 0 Å². The van der Waals surface area contributed by atoms with Gasteiger partial charge in [-0.2, -0.15) is 0 Å². The number of carbonyl (C=O) groups excluding carboxylic acids is 2. The smallest absolute Gasteiger partial charge is 0.447 e. The van der Waals surface area contributed by atoms with Crippen LogP contribution in [0.2, 0.25) is 0 Å². The standard InChI is InChI=1S/C17H32N2O4/c1-4-7-9-10-11-13-22-16(20)18-19-17(21)23-14-15(6-3)12-8-5-2/h15H,4-14H2,1-3H3/b19-18+. The molecule has 0 N–H and O–H groups in total. The predicted octanol–water partition coefficient (Wildman–Crippen LogP) is 5.90. The SMILES string of the molecule is CCCCCCCOC(=O)/N=N/C(=O)OCC(CC)CCCC. The molecule has 0 bridgehead atoms. The van der Waals surface area contributed by atoms with E-state index < -0.39 is 12.2 Å². The third-order valence-electron chi connectivity index (χ3n) is 3.67. The summed E-state index contributed by atoms with van der Waals surface area (Å²) in [5, 5.41) is 6.44. The van der Waals surface area contributed by atoms with Crippen molar-refractivity contribution in [3.05, 3.63) is 0 Å². The number of nitrogens with zero attached hydrogens (tertiary/aromatic N) is 2. The number of amides is 2. The number of rotatable bonds is 12. The average Bonchev–Trinajstić information content (AvgIpc) is 2.56. The number of hydrogen-bond donors (Lipinski definition) is 0. The lowest BCUT2D eigenvalue weighted by molar-refractivity contribution is 0.128. The fourth-order valence-electron chi connectivity index (χ4n) is 2.09. The molecule has 0 aromatic carbocycles. The van der Waals surface area contributed by atoms with Gasteiger partial charge >= 0.3 is 12.2 Å². The Hall–Kier alpha value is -1.46. The summed E-state index contributed by atoms with van der Waals surface area (Å²) in [6.07, 6.45) is 7.87. The molecule has 23 heavy (non-hydrogen) atoms. The largest absolute Gasteiger partial charge is 0.452 e. The minimum absolute atomic E-state index is 0.311. The van der Waals surface area contributed by atoms with Gasteiger partial charge in [-0.1, -0.05) is 75.9 Å². The molecule has 0 spiro atoms. The molecule has 134 valence electrons. The zero-order valence-electron chi connectivity index (χ0n) is 14.9. The second-order valence-corrected chi connectivity index (χ2v) is 5.72. The maximum absolute atomic E-state index is 11.4. The Morgan fingerprint density at radius 2 is 1.43 bits per heavy atom. The number of unbranched alkanes of at least 4 members (excludes halogenated alkanes) is 5. The summed E-state index contributed by atoms with van der Waals surface area (Å²) in [6.45, 7) is 6.97. The maximum Gasteiger partial charge on any atom is 0.452 e. The van der Waals surface area contributed by atoms with Gasteiger partial charge in [0.15, 0.2) is 0 Å².